The molecule has 236 valence electrons. The van der Waals surface area contributed by atoms with Crippen LogP contribution in [0.15, 0.2) is 149 Å². The number of rotatable bonds is 7. The van der Waals surface area contributed by atoms with Crippen LogP contribution < -0.4 is 13.3 Å². The SMILES string of the molecule is CN1/C(=C/C=C2c3cc(S(=O)(=O)Oc4ccccc4)ccc3-c3ccc(S(=O)(=O)Oc4ccccc4)cc32)C(C)(C)c2ccccc21. The van der Waals surface area contributed by atoms with Crippen molar-refractivity contribution in [1.82, 2.24) is 0 Å². The Labute approximate surface area is 275 Å². The molecule has 0 saturated heterocycles. The number of anilines is 1. The van der Waals surface area contributed by atoms with Crippen LogP contribution in [0.1, 0.15) is 30.5 Å². The van der Waals surface area contributed by atoms with Gasteiger partial charge in [-0.25, -0.2) is 0 Å². The van der Waals surface area contributed by atoms with Gasteiger partial charge in [0.15, 0.2) is 0 Å². The molecule has 0 radical (unpaired) electrons. The van der Waals surface area contributed by atoms with Gasteiger partial charge in [-0.15, -0.1) is 0 Å². The van der Waals surface area contributed by atoms with Gasteiger partial charge in [-0.2, -0.15) is 16.8 Å². The van der Waals surface area contributed by atoms with Crippen molar-refractivity contribution in [3.63, 3.8) is 0 Å². The minimum atomic E-state index is -4.17. The minimum absolute atomic E-state index is 0.0163. The average molecular weight is 662 g/mol. The molecular formula is C38H31NO6S2. The third kappa shape index (κ3) is 5.41. The zero-order valence-corrected chi connectivity index (χ0v) is 27.5. The van der Waals surface area contributed by atoms with Crippen LogP contribution in [0.25, 0.3) is 16.7 Å². The van der Waals surface area contributed by atoms with Crippen molar-refractivity contribution in [2.75, 3.05) is 11.9 Å². The summed E-state index contributed by atoms with van der Waals surface area (Å²) in [6.45, 7) is 4.32. The Balaban J connectivity index is 1.36. The maximum atomic E-state index is 13.4. The third-order valence-electron chi connectivity index (χ3n) is 8.68. The van der Waals surface area contributed by atoms with Crippen molar-refractivity contribution >= 4 is 31.5 Å². The number of hydrogen-bond acceptors (Lipinski definition) is 7. The van der Waals surface area contributed by atoms with E-state index in [1.54, 1.807) is 84.9 Å². The van der Waals surface area contributed by atoms with Gasteiger partial charge in [0.25, 0.3) is 0 Å². The van der Waals surface area contributed by atoms with E-state index in [-0.39, 0.29) is 26.7 Å². The Morgan fingerprint density at radius 1 is 0.574 bits per heavy atom. The van der Waals surface area contributed by atoms with E-state index in [0.29, 0.717) is 16.7 Å². The molecule has 47 heavy (non-hydrogen) atoms. The van der Waals surface area contributed by atoms with E-state index in [9.17, 15) is 16.8 Å². The van der Waals surface area contributed by atoms with Crippen molar-refractivity contribution in [1.29, 1.82) is 0 Å². The molecule has 0 N–H and O–H groups in total. The van der Waals surface area contributed by atoms with Gasteiger partial charge in [-0.3, -0.25) is 0 Å². The number of fused-ring (bicyclic) bond motifs is 4. The maximum Gasteiger partial charge on any atom is 0.339 e. The largest absolute Gasteiger partial charge is 0.379 e. The molecule has 0 unspecified atom stereocenters. The third-order valence-corrected chi connectivity index (χ3v) is 11.2. The fraction of sp³-hybridized carbons (Fsp3) is 0.105. The fourth-order valence-corrected chi connectivity index (χ4v) is 8.28. The van der Waals surface area contributed by atoms with Gasteiger partial charge in [-0.1, -0.05) is 86.7 Å². The van der Waals surface area contributed by atoms with E-state index in [4.69, 9.17) is 8.37 Å². The van der Waals surface area contributed by atoms with Crippen LogP contribution in [0.3, 0.4) is 0 Å². The molecule has 9 heteroatoms. The number of para-hydroxylation sites is 3. The van der Waals surface area contributed by atoms with Crippen molar-refractivity contribution in [2.45, 2.75) is 29.1 Å². The topological polar surface area (TPSA) is 90.0 Å². The monoisotopic (exact) mass is 661 g/mol. The molecule has 5 aromatic rings. The first-order valence-electron chi connectivity index (χ1n) is 15.0. The molecule has 7 nitrogen and oxygen atoms in total. The highest BCUT2D eigenvalue weighted by Crippen LogP contribution is 2.49. The molecule has 7 rings (SSSR count). The van der Waals surface area contributed by atoms with Gasteiger partial charge < -0.3 is 13.3 Å². The van der Waals surface area contributed by atoms with E-state index in [1.165, 1.54) is 17.7 Å². The first kappa shape index (κ1) is 30.5. The number of hydrogen-bond donors (Lipinski definition) is 0. The van der Waals surface area contributed by atoms with Gasteiger partial charge in [0, 0.05) is 23.8 Å². The van der Waals surface area contributed by atoms with Gasteiger partial charge in [0.2, 0.25) is 0 Å². The molecule has 1 aliphatic carbocycles. The quantitative estimate of drug-likeness (QED) is 0.161. The number of likely N-dealkylation sites (N-methyl/N-ethyl adjacent to an activating group) is 1. The molecule has 0 atom stereocenters. The van der Waals surface area contributed by atoms with Crippen molar-refractivity contribution in [3.05, 3.63) is 156 Å². The Kier molecular flexibility index (Phi) is 7.33. The van der Waals surface area contributed by atoms with E-state index < -0.39 is 20.2 Å². The predicted octanol–water partition coefficient (Wildman–Crippen LogP) is 7.95. The molecule has 0 bridgehead atoms. The van der Waals surface area contributed by atoms with Gasteiger partial charge in [-0.05, 0) is 94.1 Å². The molecule has 1 aliphatic heterocycles. The predicted molar refractivity (Wildman–Crippen MR) is 183 cm³/mol. The summed E-state index contributed by atoms with van der Waals surface area (Å²) in [6, 6.07) is 34.6. The lowest BCUT2D eigenvalue weighted by Crippen LogP contribution is -2.22. The molecule has 0 saturated carbocycles. The molecule has 5 aromatic carbocycles. The number of nitrogens with zero attached hydrogens (tertiary/aromatic N) is 1. The number of benzene rings is 5. The van der Waals surface area contributed by atoms with Crippen LogP contribution in [0, 0.1) is 0 Å². The summed E-state index contributed by atoms with van der Waals surface area (Å²) < 4.78 is 64.5. The Morgan fingerprint density at radius 2 is 1.04 bits per heavy atom. The fourth-order valence-electron chi connectivity index (χ4n) is 6.36. The molecular weight excluding hydrogens is 631 g/mol. The second-order valence-corrected chi connectivity index (χ2v) is 15.0. The van der Waals surface area contributed by atoms with Gasteiger partial charge in [0.05, 0.1) is 0 Å². The van der Waals surface area contributed by atoms with Crippen LogP contribution >= 0.6 is 0 Å². The summed E-state index contributed by atoms with van der Waals surface area (Å²) in [5.41, 5.74) is 6.54. The summed E-state index contributed by atoms with van der Waals surface area (Å²) in [5, 5.41) is 0. The second kappa shape index (κ2) is 11.3. The molecule has 0 aromatic heterocycles. The van der Waals surface area contributed by atoms with Crippen LogP contribution in [-0.2, 0) is 25.7 Å². The Morgan fingerprint density at radius 3 is 1.53 bits per heavy atom. The lowest BCUT2D eigenvalue weighted by molar-refractivity contribution is 0.484. The van der Waals surface area contributed by atoms with E-state index in [1.807, 2.05) is 31.3 Å². The van der Waals surface area contributed by atoms with Crippen LogP contribution in [0.4, 0.5) is 5.69 Å². The highest BCUT2D eigenvalue weighted by atomic mass is 32.2. The van der Waals surface area contributed by atoms with E-state index >= 15 is 0 Å². The molecule has 1 heterocycles. The highest BCUT2D eigenvalue weighted by Gasteiger charge is 2.38. The number of allylic oxidation sites excluding steroid dienone is 3. The standard InChI is InChI=1S/C38H31NO6S2/c1-38(2)35-16-10-11-17-36(35)39(3)37(38)23-22-32-33-24-28(46(40,41)44-26-12-6-4-7-13-26)18-20-30(33)31-21-19-29(25-34(31)32)47(42,43)45-27-14-8-5-9-15-27/h4-25H,1-3H3/b37-23+. The van der Waals surface area contributed by atoms with E-state index in [2.05, 4.69) is 30.9 Å². The normalized spacial score (nSPS) is 15.6. The smallest absolute Gasteiger partial charge is 0.339 e. The van der Waals surface area contributed by atoms with Crippen molar-refractivity contribution < 1.29 is 25.2 Å². The van der Waals surface area contributed by atoms with Gasteiger partial charge in [0.1, 0.15) is 21.3 Å². The highest BCUT2D eigenvalue weighted by molar-refractivity contribution is 7.87. The summed E-state index contributed by atoms with van der Waals surface area (Å²) in [7, 11) is -6.33. The summed E-state index contributed by atoms with van der Waals surface area (Å²) in [5.74, 6) is 0.409. The average Bonchev–Trinajstić information content (AvgIpc) is 3.47. The van der Waals surface area contributed by atoms with Crippen LogP contribution in [0.2, 0.25) is 0 Å². The van der Waals surface area contributed by atoms with E-state index in [0.717, 1.165) is 22.5 Å². The Hall–Kier alpha value is -5.12. The minimum Gasteiger partial charge on any atom is -0.379 e. The lowest BCUT2D eigenvalue weighted by Gasteiger charge is -2.24. The Bertz CT molecular complexity index is 2190. The van der Waals surface area contributed by atoms with Crippen molar-refractivity contribution in [3.8, 4) is 22.6 Å². The zero-order chi connectivity index (χ0) is 33.0. The first-order valence-corrected chi connectivity index (χ1v) is 17.8. The summed E-state index contributed by atoms with van der Waals surface area (Å²) in [6.07, 6.45) is 3.96. The van der Waals surface area contributed by atoms with Crippen molar-refractivity contribution in [2.24, 2.45) is 0 Å². The lowest BCUT2D eigenvalue weighted by atomic mass is 9.83. The summed E-state index contributed by atoms with van der Waals surface area (Å²) in [4.78, 5) is 2.11. The summed E-state index contributed by atoms with van der Waals surface area (Å²) >= 11 is 0. The van der Waals surface area contributed by atoms with Gasteiger partial charge >= 0.3 is 20.2 Å². The first-order chi connectivity index (χ1) is 22.5. The molecule has 0 fully saturated rings. The molecule has 2 aliphatic rings. The molecule has 0 amide bonds. The van der Waals surface area contributed by atoms with Crippen LogP contribution in [0.5, 0.6) is 11.5 Å². The zero-order valence-electron chi connectivity index (χ0n) is 25.9. The molecule has 0 spiro atoms. The second-order valence-electron chi connectivity index (χ2n) is 11.9. The maximum absolute atomic E-state index is 13.4. The van der Waals surface area contributed by atoms with Crippen LogP contribution in [-0.4, -0.2) is 23.9 Å².